The third-order valence-corrected chi connectivity index (χ3v) is 2.87. The smallest absolute Gasteiger partial charge is 0.328 e. The molecule has 0 aromatic carbocycles. The van der Waals surface area contributed by atoms with Gasteiger partial charge in [-0.05, 0) is 17.5 Å². The predicted octanol–water partition coefficient (Wildman–Crippen LogP) is 1.64. The summed E-state index contributed by atoms with van der Waals surface area (Å²) in [5.74, 6) is -1.49. The number of hydrogen-bond acceptors (Lipinski definition) is 4. The Morgan fingerprint density at radius 1 is 1.24 bits per heavy atom. The third kappa shape index (κ3) is 5.60. The highest BCUT2D eigenvalue weighted by Crippen LogP contribution is 2.24. The summed E-state index contributed by atoms with van der Waals surface area (Å²) in [5.41, 5.74) is -0.120. The number of imide groups is 1. The number of pyridine rings is 1. The number of nitrogens with zero attached hydrogens (tertiary/aromatic N) is 2. The van der Waals surface area contributed by atoms with E-state index in [4.69, 9.17) is 5.11 Å². The van der Waals surface area contributed by atoms with E-state index in [-0.39, 0.29) is 12.8 Å². The fourth-order valence-electron chi connectivity index (χ4n) is 1.84. The number of nitrogens with one attached hydrogen (secondary N) is 1. The van der Waals surface area contributed by atoms with Crippen molar-refractivity contribution in [3.8, 4) is 0 Å². The fraction of sp³-hybridized carbons (Fsp3) is 0.429. The lowest BCUT2D eigenvalue weighted by atomic mass is 9.85. The van der Waals surface area contributed by atoms with Gasteiger partial charge in [0.25, 0.3) is 0 Å². The lowest BCUT2D eigenvalue weighted by Gasteiger charge is -2.22. The summed E-state index contributed by atoms with van der Waals surface area (Å²) in [5, 5.41) is 11.0. The van der Waals surface area contributed by atoms with Crippen LogP contribution in [0.4, 0.5) is 10.5 Å². The molecule has 0 saturated carbocycles. The molecule has 0 fully saturated rings. The van der Waals surface area contributed by atoms with Crippen molar-refractivity contribution >= 4 is 23.6 Å². The maximum Gasteiger partial charge on any atom is 0.328 e. The zero-order valence-electron chi connectivity index (χ0n) is 12.3. The quantitative estimate of drug-likeness (QED) is 0.859. The van der Waals surface area contributed by atoms with Crippen LogP contribution in [0.2, 0.25) is 0 Å². The first kappa shape index (κ1) is 16.6. The second-order valence-corrected chi connectivity index (χ2v) is 5.53. The fourth-order valence-corrected chi connectivity index (χ4v) is 1.84. The van der Waals surface area contributed by atoms with Gasteiger partial charge in [-0.1, -0.05) is 13.8 Å². The van der Waals surface area contributed by atoms with Crippen molar-refractivity contribution in [1.82, 2.24) is 10.3 Å². The number of carboxylic acid groups (broad SMARTS) is 1. The largest absolute Gasteiger partial charge is 0.481 e. The minimum atomic E-state index is -0.979. The van der Waals surface area contributed by atoms with Crippen LogP contribution in [0.25, 0.3) is 0 Å². The van der Waals surface area contributed by atoms with Gasteiger partial charge in [0.05, 0.1) is 6.42 Å². The Bertz CT molecular complexity index is 528. The summed E-state index contributed by atoms with van der Waals surface area (Å²) in [7, 11) is 1.53. The van der Waals surface area contributed by atoms with Gasteiger partial charge in [0.2, 0.25) is 5.91 Å². The molecule has 0 aliphatic heterocycles. The second-order valence-electron chi connectivity index (χ2n) is 5.53. The van der Waals surface area contributed by atoms with E-state index in [0.29, 0.717) is 5.69 Å². The molecule has 1 aromatic rings. The van der Waals surface area contributed by atoms with Crippen LogP contribution in [0, 0.1) is 5.41 Å². The van der Waals surface area contributed by atoms with Crippen LogP contribution in [-0.4, -0.2) is 35.0 Å². The molecule has 0 radical (unpaired) electrons. The van der Waals surface area contributed by atoms with Gasteiger partial charge < -0.3 is 5.11 Å². The van der Waals surface area contributed by atoms with Crippen LogP contribution in [0.1, 0.15) is 26.7 Å². The van der Waals surface area contributed by atoms with Gasteiger partial charge in [0.1, 0.15) is 0 Å². The number of aliphatic carboxylic acids is 1. The Hall–Kier alpha value is -2.44. The summed E-state index contributed by atoms with van der Waals surface area (Å²) in [6.07, 6.45) is 2.89. The summed E-state index contributed by atoms with van der Waals surface area (Å²) >= 11 is 0. The highest BCUT2D eigenvalue weighted by Gasteiger charge is 2.26. The van der Waals surface area contributed by atoms with Gasteiger partial charge >= 0.3 is 12.0 Å². The number of carbonyl (C=O) groups excluding carboxylic acids is 2. The van der Waals surface area contributed by atoms with Crippen LogP contribution < -0.4 is 10.2 Å². The highest BCUT2D eigenvalue weighted by molar-refractivity contribution is 6.02. The molecule has 0 aliphatic carbocycles. The van der Waals surface area contributed by atoms with E-state index in [1.807, 2.05) is 0 Å². The number of rotatable bonds is 5. The number of carboxylic acids is 1. The minimum Gasteiger partial charge on any atom is -0.481 e. The molecule has 2 N–H and O–H groups in total. The summed E-state index contributed by atoms with van der Waals surface area (Å²) in [6, 6.07) is 2.70. The Labute approximate surface area is 123 Å². The van der Waals surface area contributed by atoms with E-state index in [2.05, 4.69) is 10.3 Å². The SMILES string of the molecule is CN(C(=O)NC(=O)CC(C)(C)CC(=O)O)c1ccncc1. The molecular weight excluding hydrogens is 274 g/mol. The second kappa shape index (κ2) is 6.83. The molecule has 3 amide bonds. The van der Waals surface area contributed by atoms with Crippen LogP contribution in [0.3, 0.4) is 0 Å². The first-order valence-corrected chi connectivity index (χ1v) is 6.41. The third-order valence-electron chi connectivity index (χ3n) is 2.87. The van der Waals surface area contributed by atoms with E-state index in [1.165, 1.54) is 24.3 Å². The average molecular weight is 293 g/mol. The molecular formula is C14H19N3O4. The molecule has 0 aliphatic rings. The van der Waals surface area contributed by atoms with Crippen molar-refractivity contribution in [3.63, 3.8) is 0 Å². The predicted molar refractivity (Wildman–Crippen MR) is 76.8 cm³/mol. The van der Waals surface area contributed by atoms with Gasteiger partial charge in [-0.25, -0.2) is 4.79 Å². The van der Waals surface area contributed by atoms with Crippen molar-refractivity contribution in [2.75, 3.05) is 11.9 Å². The van der Waals surface area contributed by atoms with Gasteiger partial charge in [-0.2, -0.15) is 0 Å². The number of anilines is 1. The summed E-state index contributed by atoms with van der Waals surface area (Å²) in [6.45, 7) is 3.33. The first-order valence-electron chi connectivity index (χ1n) is 6.41. The number of carbonyl (C=O) groups is 3. The Morgan fingerprint density at radius 3 is 2.33 bits per heavy atom. The molecule has 21 heavy (non-hydrogen) atoms. The molecule has 0 bridgehead atoms. The summed E-state index contributed by atoms with van der Waals surface area (Å²) < 4.78 is 0. The van der Waals surface area contributed by atoms with E-state index in [0.717, 1.165) is 0 Å². The lowest BCUT2D eigenvalue weighted by Crippen LogP contribution is -2.42. The van der Waals surface area contributed by atoms with Crippen molar-refractivity contribution in [2.24, 2.45) is 5.41 Å². The topological polar surface area (TPSA) is 99.6 Å². The standard InChI is InChI=1S/C14H19N3O4/c1-14(2,9-12(19)20)8-11(18)16-13(21)17(3)10-4-6-15-7-5-10/h4-7H,8-9H2,1-3H3,(H,19,20)(H,16,18,21). The number of amides is 3. The minimum absolute atomic E-state index is 0.0464. The van der Waals surface area contributed by atoms with E-state index < -0.39 is 23.3 Å². The molecule has 1 rings (SSSR count). The van der Waals surface area contributed by atoms with Crippen LogP contribution >= 0.6 is 0 Å². The monoisotopic (exact) mass is 293 g/mol. The van der Waals surface area contributed by atoms with Crippen molar-refractivity contribution in [1.29, 1.82) is 0 Å². The average Bonchev–Trinajstić information content (AvgIpc) is 2.36. The molecule has 0 unspecified atom stereocenters. The zero-order valence-corrected chi connectivity index (χ0v) is 12.3. The number of hydrogen-bond donors (Lipinski definition) is 2. The number of urea groups is 1. The summed E-state index contributed by atoms with van der Waals surface area (Å²) in [4.78, 5) is 39.6. The lowest BCUT2D eigenvalue weighted by molar-refractivity contribution is -0.139. The normalized spacial score (nSPS) is 10.8. The number of aromatic nitrogens is 1. The van der Waals surface area contributed by atoms with Crippen molar-refractivity contribution < 1.29 is 19.5 Å². The molecule has 0 atom stereocenters. The molecule has 1 heterocycles. The van der Waals surface area contributed by atoms with Gasteiger partial charge in [-0.15, -0.1) is 0 Å². The van der Waals surface area contributed by atoms with E-state index in [1.54, 1.807) is 26.0 Å². The van der Waals surface area contributed by atoms with Crippen LogP contribution in [0.15, 0.2) is 24.5 Å². The molecule has 7 nitrogen and oxygen atoms in total. The van der Waals surface area contributed by atoms with Gasteiger partial charge in [0.15, 0.2) is 0 Å². The van der Waals surface area contributed by atoms with Crippen LogP contribution in [-0.2, 0) is 9.59 Å². The van der Waals surface area contributed by atoms with Crippen LogP contribution in [0.5, 0.6) is 0 Å². The Balaban J connectivity index is 2.58. The van der Waals surface area contributed by atoms with Gasteiger partial charge in [-0.3, -0.25) is 24.8 Å². The van der Waals surface area contributed by atoms with E-state index in [9.17, 15) is 14.4 Å². The molecule has 0 spiro atoms. The molecule has 114 valence electrons. The molecule has 7 heteroatoms. The Kier molecular flexibility index (Phi) is 5.40. The first-order chi connectivity index (χ1) is 9.71. The van der Waals surface area contributed by atoms with Crippen molar-refractivity contribution in [3.05, 3.63) is 24.5 Å². The van der Waals surface area contributed by atoms with Gasteiger partial charge in [0, 0.05) is 31.5 Å². The maximum atomic E-state index is 11.9. The zero-order chi connectivity index (χ0) is 16.0. The molecule has 1 aromatic heterocycles. The molecule has 0 saturated heterocycles. The Morgan fingerprint density at radius 2 is 1.81 bits per heavy atom. The van der Waals surface area contributed by atoms with Crippen molar-refractivity contribution in [2.45, 2.75) is 26.7 Å². The maximum absolute atomic E-state index is 11.9. The van der Waals surface area contributed by atoms with E-state index >= 15 is 0 Å². The highest BCUT2D eigenvalue weighted by atomic mass is 16.4.